The third-order valence-corrected chi connectivity index (χ3v) is 4.04. The summed E-state index contributed by atoms with van der Waals surface area (Å²) in [6, 6.07) is 11.6. The summed E-state index contributed by atoms with van der Waals surface area (Å²) in [6.45, 7) is 3.18. The van der Waals surface area contributed by atoms with Crippen molar-refractivity contribution in [3.05, 3.63) is 63.1 Å². The van der Waals surface area contributed by atoms with Gasteiger partial charge in [-0.25, -0.2) is 0 Å². The topological polar surface area (TPSA) is 38.3 Å². The fraction of sp³-hybridized carbons (Fsp3) is 0.235. The van der Waals surface area contributed by atoms with E-state index in [2.05, 4.69) is 27.3 Å². The van der Waals surface area contributed by atoms with Crippen LogP contribution in [0.2, 0.25) is 0 Å². The monoisotopic (exact) mass is 345 g/mol. The fourth-order valence-electron chi connectivity index (χ4n) is 2.46. The highest BCUT2D eigenvalue weighted by Gasteiger charge is 2.18. The number of halogens is 1. The van der Waals surface area contributed by atoms with E-state index in [9.17, 15) is 4.79 Å². The van der Waals surface area contributed by atoms with Crippen LogP contribution >= 0.6 is 15.9 Å². The van der Waals surface area contributed by atoms with Crippen LogP contribution in [-0.4, -0.2) is 12.5 Å². The Morgan fingerprint density at radius 2 is 2.05 bits per heavy atom. The van der Waals surface area contributed by atoms with Gasteiger partial charge in [0.15, 0.2) is 0 Å². The van der Waals surface area contributed by atoms with Crippen LogP contribution in [0.4, 0.5) is 0 Å². The Kier molecular flexibility index (Phi) is 3.97. The quantitative estimate of drug-likeness (QED) is 0.922. The van der Waals surface area contributed by atoms with Gasteiger partial charge in [-0.1, -0.05) is 33.6 Å². The Morgan fingerprint density at radius 1 is 1.29 bits per heavy atom. The lowest BCUT2D eigenvalue weighted by molar-refractivity contribution is 0.0950. The smallest absolute Gasteiger partial charge is 0.251 e. The maximum Gasteiger partial charge on any atom is 0.251 e. The molecule has 108 valence electrons. The number of hydrogen-bond acceptors (Lipinski definition) is 2. The fourth-order valence-corrected chi connectivity index (χ4v) is 3.01. The number of fused-ring (bicyclic) bond motifs is 1. The number of carbonyl (C=O) groups is 1. The summed E-state index contributed by atoms with van der Waals surface area (Å²) in [5.74, 6) is 0.851. The Morgan fingerprint density at radius 3 is 2.81 bits per heavy atom. The van der Waals surface area contributed by atoms with Crippen molar-refractivity contribution in [2.75, 3.05) is 6.61 Å². The highest BCUT2D eigenvalue weighted by atomic mass is 79.9. The lowest BCUT2D eigenvalue weighted by Gasteiger charge is -2.10. The number of carbonyl (C=O) groups excluding carboxylic acids is 1. The Hall–Kier alpha value is -1.81. The summed E-state index contributed by atoms with van der Waals surface area (Å²) in [5, 5.41) is 2.95. The maximum absolute atomic E-state index is 12.2. The first-order valence-electron chi connectivity index (χ1n) is 6.92. The standard InChI is InChI=1S/C17H16BrNO2/c1-11-2-4-12(5-3-11)17(20)19-10-14-9-15(18)8-13-6-7-21-16(13)14/h2-5,8-9H,6-7,10H2,1H3,(H,19,20). The number of benzene rings is 2. The van der Waals surface area contributed by atoms with Crippen LogP contribution in [0, 0.1) is 6.92 Å². The van der Waals surface area contributed by atoms with Crippen molar-refractivity contribution < 1.29 is 9.53 Å². The lowest BCUT2D eigenvalue weighted by atomic mass is 10.1. The third-order valence-electron chi connectivity index (χ3n) is 3.58. The molecule has 0 unspecified atom stereocenters. The molecule has 0 aliphatic carbocycles. The van der Waals surface area contributed by atoms with Crippen molar-refractivity contribution in [1.29, 1.82) is 0 Å². The minimum Gasteiger partial charge on any atom is -0.493 e. The number of hydrogen-bond donors (Lipinski definition) is 1. The van der Waals surface area contributed by atoms with Gasteiger partial charge in [-0.15, -0.1) is 0 Å². The first kappa shape index (κ1) is 14.1. The largest absolute Gasteiger partial charge is 0.493 e. The van der Waals surface area contributed by atoms with Crippen LogP contribution in [-0.2, 0) is 13.0 Å². The molecular formula is C17H16BrNO2. The molecule has 3 rings (SSSR count). The van der Waals surface area contributed by atoms with Crippen molar-refractivity contribution in [2.45, 2.75) is 19.9 Å². The number of ether oxygens (including phenoxy) is 1. The molecule has 2 aromatic carbocycles. The molecule has 1 amide bonds. The third kappa shape index (κ3) is 3.10. The van der Waals surface area contributed by atoms with Crippen molar-refractivity contribution in [3.63, 3.8) is 0 Å². The molecular weight excluding hydrogens is 330 g/mol. The second kappa shape index (κ2) is 5.90. The molecule has 1 aliphatic rings. The van der Waals surface area contributed by atoms with Gasteiger partial charge in [-0.05, 0) is 36.8 Å². The molecule has 1 N–H and O–H groups in total. The summed E-state index contributed by atoms with van der Waals surface area (Å²) in [4.78, 5) is 12.2. The summed E-state index contributed by atoms with van der Waals surface area (Å²) in [6.07, 6.45) is 0.924. The van der Waals surface area contributed by atoms with Gasteiger partial charge in [0, 0.05) is 28.6 Å². The average Bonchev–Trinajstić information content (AvgIpc) is 2.93. The number of nitrogens with one attached hydrogen (secondary N) is 1. The highest BCUT2D eigenvalue weighted by molar-refractivity contribution is 9.10. The zero-order valence-corrected chi connectivity index (χ0v) is 13.4. The van der Waals surface area contributed by atoms with E-state index in [1.54, 1.807) is 0 Å². The molecule has 0 radical (unpaired) electrons. The van der Waals surface area contributed by atoms with Gasteiger partial charge >= 0.3 is 0 Å². The van der Waals surface area contributed by atoms with Gasteiger partial charge in [-0.2, -0.15) is 0 Å². The minimum absolute atomic E-state index is 0.0678. The molecule has 0 fully saturated rings. The SMILES string of the molecule is Cc1ccc(C(=O)NCc2cc(Br)cc3c2OCC3)cc1. The predicted molar refractivity (Wildman–Crippen MR) is 85.7 cm³/mol. The second-order valence-corrected chi connectivity index (χ2v) is 6.12. The molecule has 21 heavy (non-hydrogen) atoms. The van der Waals surface area contributed by atoms with E-state index in [-0.39, 0.29) is 5.91 Å². The maximum atomic E-state index is 12.2. The molecule has 0 spiro atoms. The predicted octanol–water partition coefficient (Wildman–Crippen LogP) is 3.62. The van der Waals surface area contributed by atoms with Crippen LogP contribution in [0.5, 0.6) is 5.75 Å². The van der Waals surface area contributed by atoms with Crippen LogP contribution < -0.4 is 10.1 Å². The van der Waals surface area contributed by atoms with E-state index in [4.69, 9.17) is 4.74 Å². The van der Waals surface area contributed by atoms with Crippen molar-refractivity contribution in [2.24, 2.45) is 0 Å². The normalized spacial score (nSPS) is 12.7. The molecule has 0 aromatic heterocycles. The van der Waals surface area contributed by atoms with Gasteiger partial charge in [0.1, 0.15) is 5.75 Å². The van der Waals surface area contributed by atoms with E-state index in [1.165, 1.54) is 5.56 Å². The Labute approximate surface area is 132 Å². The van der Waals surface area contributed by atoms with Crippen molar-refractivity contribution in [3.8, 4) is 5.75 Å². The van der Waals surface area contributed by atoms with Gasteiger partial charge in [-0.3, -0.25) is 4.79 Å². The minimum atomic E-state index is -0.0678. The highest BCUT2D eigenvalue weighted by Crippen LogP contribution is 2.32. The van der Waals surface area contributed by atoms with Gasteiger partial charge < -0.3 is 10.1 Å². The lowest BCUT2D eigenvalue weighted by Crippen LogP contribution is -2.23. The molecule has 3 nitrogen and oxygen atoms in total. The zero-order valence-electron chi connectivity index (χ0n) is 11.8. The summed E-state index contributed by atoms with van der Waals surface area (Å²) in [5.41, 5.74) is 4.03. The average molecular weight is 346 g/mol. The van der Waals surface area contributed by atoms with E-state index < -0.39 is 0 Å². The van der Waals surface area contributed by atoms with Crippen LogP contribution in [0.3, 0.4) is 0 Å². The number of amides is 1. The summed E-state index contributed by atoms with van der Waals surface area (Å²) < 4.78 is 6.69. The van der Waals surface area contributed by atoms with Crippen molar-refractivity contribution in [1.82, 2.24) is 5.32 Å². The first-order valence-corrected chi connectivity index (χ1v) is 7.72. The zero-order chi connectivity index (χ0) is 14.8. The van der Waals surface area contributed by atoms with E-state index in [0.29, 0.717) is 18.7 Å². The van der Waals surface area contributed by atoms with Crippen LogP contribution in [0.25, 0.3) is 0 Å². The van der Waals surface area contributed by atoms with E-state index >= 15 is 0 Å². The molecule has 2 aromatic rings. The van der Waals surface area contributed by atoms with Gasteiger partial charge in [0.05, 0.1) is 6.61 Å². The summed E-state index contributed by atoms with van der Waals surface area (Å²) in [7, 11) is 0. The summed E-state index contributed by atoms with van der Waals surface area (Å²) >= 11 is 3.51. The molecule has 0 bridgehead atoms. The Balaban J connectivity index is 1.73. The molecule has 0 saturated heterocycles. The van der Waals surface area contributed by atoms with Gasteiger partial charge in [0.25, 0.3) is 5.91 Å². The van der Waals surface area contributed by atoms with Crippen molar-refractivity contribution >= 4 is 21.8 Å². The number of rotatable bonds is 3. The molecule has 1 aliphatic heterocycles. The van der Waals surface area contributed by atoms with E-state index in [1.807, 2.05) is 37.3 Å². The second-order valence-electron chi connectivity index (χ2n) is 5.20. The Bertz CT molecular complexity index is 680. The van der Waals surface area contributed by atoms with Crippen LogP contribution in [0.1, 0.15) is 27.0 Å². The van der Waals surface area contributed by atoms with Gasteiger partial charge in [0.2, 0.25) is 0 Å². The van der Waals surface area contributed by atoms with Crippen LogP contribution in [0.15, 0.2) is 40.9 Å². The molecule has 4 heteroatoms. The van der Waals surface area contributed by atoms with E-state index in [0.717, 1.165) is 27.8 Å². The molecule has 0 saturated carbocycles. The molecule has 0 atom stereocenters. The first-order chi connectivity index (χ1) is 10.1. The number of aryl methyl sites for hydroxylation is 1. The molecule has 1 heterocycles.